The van der Waals surface area contributed by atoms with Crippen LogP contribution in [-0.4, -0.2) is 18.7 Å². The van der Waals surface area contributed by atoms with E-state index in [4.69, 9.17) is 0 Å². The molecule has 2 atom stereocenters. The van der Waals surface area contributed by atoms with Gasteiger partial charge in [0.2, 0.25) is 0 Å². The topological polar surface area (TPSA) is 86.3 Å². The van der Waals surface area contributed by atoms with Crippen LogP contribution >= 0.6 is 31.9 Å². The maximum absolute atomic E-state index is 10.7. The Balaban J connectivity index is 3.30. The van der Waals surface area contributed by atoms with E-state index in [0.717, 1.165) is 12.2 Å². The van der Waals surface area contributed by atoms with Gasteiger partial charge in [0.05, 0.1) is 9.85 Å². The van der Waals surface area contributed by atoms with Crippen molar-refractivity contribution < 1.29 is 9.85 Å². The molecule has 0 aromatic carbocycles. The molecular formula is C6H4Br2N2O4. The Morgan fingerprint density at radius 1 is 0.929 bits per heavy atom. The first-order valence-corrected chi connectivity index (χ1v) is 4.97. The van der Waals surface area contributed by atoms with E-state index in [-0.39, 0.29) is 0 Å². The first-order valence-electron chi connectivity index (χ1n) is 3.38. The molecular weight excluding hydrogens is 324 g/mol. The number of alkyl halides is 2. The number of hydrogen-bond donors (Lipinski definition) is 0. The second-order valence-corrected chi connectivity index (χ2v) is 5.00. The van der Waals surface area contributed by atoms with Crippen LogP contribution in [0.5, 0.6) is 0 Å². The number of rotatable bonds is 2. The average Bonchev–Trinajstić information content (AvgIpc) is 2.09. The lowest BCUT2D eigenvalue weighted by atomic mass is 10.0. The van der Waals surface area contributed by atoms with Gasteiger partial charge in [-0.2, -0.15) is 0 Å². The third-order valence-electron chi connectivity index (χ3n) is 1.77. The molecule has 76 valence electrons. The molecule has 0 bridgehead atoms. The van der Waals surface area contributed by atoms with Gasteiger partial charge in [0.15, 0.2) is 0 Å². The van der Waals surface area contributed by atoms with Crippen LogP contribution in [0.2, 0.25) is 0 Å². The van der Waals surface area contributed by atoms with E-state index >= 15 is 0 Å². The smallest absolute Gasteiger partial charge is 0.262 e. The third-order valence-corrected chi connectivity index (χ3v) is 4.62. The van der Waals surface area contributed by atoms with Crippen LogP contribution in [0, 0.1) is 20.2 Å². The van der Waals surface area contributed by atoms with Crippen LogP contribution < -0.4 is 0 Å². The Morgan fingerprint density at radius 2 is 1.21 bits per heavy atom. The molecule has 0 aliphatic heterocycles. The standard InChI is InChI=1S/C6H4Br2N2O4/c7-5(9(11)12)3-1-2-4-6(5,8)10(13)14/h1-4H. The second kappa shape index (κ2) is 3.43. The van der Waals surface area contributed by atoms with Crippen LogP contribution in [0.25, 0.3) is 0 Å². The zero-order chi connectivity index (χ0) is 11.0. The molecule has 0 amide bonds. The molecule has 0 aromatic rings. The van der Waals surface area contributed by atoms with E-state index < -0.39 is 18.7 Å². The van der Waals surface area contributed by atoms with Gasteiger partial charge in [-0.15, -0.1) is 0 Å². The van der Waals surface area contributed by atoms with Crippen molar-refractivity contribution in [2.75, 3.05) is 0 Å². The summed E-state index contributed by atoms with van der Waals surface area (Å²) >= 11 is 5.52. The quantitative estimate of drug-likeness (QED) is 0.335. The molecule has 1 aliphatic rings. The van der Waals surface area contributed by atoms with E-state index in [1.54, 1.807) is 0 Å². The Labute approximate surface area is 95.2 Å². The molecule has 2 unspecified atom stereocenters. The molecule has 0 heterocycles. The molecule has 0 aromatic heterocycles. The summed E-state index contributed by atoms with van der Waals surface area (Å²) in [6, 6.07) is 0. The largest absolute Gasteiger partial charge is 0.375 e. The van der Waals surface area contributed by atoms with E-state index in [1.165, 1.54) is 12.2 Å². The molecule has 0 fully saturated rings. The second-order valence-electron chi connectivity index (χ2n) is 2.58. The van der Waals surface area contributed by atoms with Crippen molar-refractivity contribution in [3.8, 4) is 0 Å². The molecule has 1 aliphatic carbocycles. The first kappa shape index (κ1) is 11.3. The van der Waals surface area contributed by atoms with E-state index in [0.29, 0.717) is 0 Å². The Morgan fingerprint density at radius 3 is 1.43 bits per heavy atom. The molecule has 0 saturated carbocycles. The predicted octanol–water partition coefficient (Wildman–Crippen LogP) is 1.85. The van der Waals surface area contributed by atoms with Gasteiger partial charge in [0.1, 0.15) is 0 Å². The summed E-state index contributed by atoms with van der Waals surface area (Å²) in [5.41, 5.74) is 0. The van der Waals surface area contributed by atoms with Gasteiger partial charge < -0.3 is 0 Å². The highest BCUT2D eigenvalue weighted by atomic mass is 79.9. The Kier molecular flexibility index (Phi) is 2.77. The fourth-order valence-electron chi connectivity index (χ4n) is 0.978. The van der Waals surface area contributed by atoms with Gasteiger partial charge in [-0.1, -0.05) is 12.2 Å². The SMILES string of the molecule is O=[N+]([O-])C1(Br)C=CC=CC1(Br)[N+](=O)[O-]. The minimum Gasteiger partial charge on any atom is -0.262 e. The zero-order valence-corrected chi connectivity index (χ0v) is 9.76. The fourth-order valence-corrected chi connectivity index (χ4v) is 1.84. The number of halogens is 2. The molecule has 0 radical (unpaired) electrons. The molecule has 0 saturated heterocycles. The number of allylic oxidation sites excluding steroid dienone is 2. The maximum Gasteiger partial charge on any atom is 0.375 e. The molecule has 14 heavy (non-hydrogen) atoms. The summed E-state index contributed by atoms with van der Waals surface area (Å²) in [6.45, 7) is 0. The fraction of sp³-hybridized carbons (Fsp3) is 0.333. The van der Waals surface area contributed by atoms with Gasteiger partial charge in [0.25, 0.3) is 0 Å². The summed E-state index contributed by atoms with van der Waals surface area (Å²) in [6.07, 6.45) is 4.98. The van der Waals surface area contributed by atoms with Crippen LogP contribution in [0.15, 0.2) is 24.3 Å². The summed E-state index contributed by atoms with van der Waals surface area (Å²) in [5, 5.41) is 21.5. The Bertz CT molecular complexity index is 322. The Hall–Kier alpha value is -0.760. The van der Waals surface area contributed by atoms with Crippen LogP contribution in [-0.2, 0) is 0 Å². The average molecular weight is 328 g/mol. The van der Waals surface area contributed by atoms with Crippen molar-refractivity contribution in [2.45, 2.75) is 8.90 Å². The van der Waals surface area contributed by atoms with Crippen LogP contribution in [0.3, 0.4) is 0 Å². The predicted molar refractivity (Wildman–Crippen MR) is 55.6 cm³/mol. The zero-order valence-electron chi connectivity index (χ0n) is 6.59. The maximum atomic E-state index is 10.7. The van der Waals surface area contributed by atoms with Crippen molar-refractivity contribution >= 4 is 31.9 Å². The first-order chi connectivity index (χ1) is 6.34. The van der Waals surface area contributed by atoms with E-state index in [1.807, 2.05) is 0 Å². The van der Waals surface area contributed by atoms with Crippen molar-refractivity contribution in [1.82, 2.24) is 0 Å². The van der Waals surface area contributed by atoms with Gasteiger partial charge >= 0.3 is 8.90 Å². The number of hydrogen-bond acceptors (Lipinski definition) is 4. The van der Waals surface area contributed by atoms with Crippen molar-refractivity contribution in [3.05, 3.63) is 44.5 Å². The monoisotopic (exact) mass is 326 g/mol. The summed E-state index contributed by atoms with van der Waals surface area (Å²) in [7, 11) is 0. The molecule has 0 N–H and O–H groups in total. The lowest BCUT2D eigenvalue weighted by molar-refractivity contribution is -0.617. The van der Waals surface area contributed by atoms with Gasteiger partial charge in [-0.05, 0) is 0 Å². The molecule has 8 heteroatoms. The molecule has 6 nitrogen and oxygen atoms in total. The normalized spacial score (nSPS) is 35.6. The molecule has 0 spiro atoms. The highest BCUT2D eigenvalue weighted by Gasteiger charge is 2.66. The van der Waals surface area contributed by atoms with Crippen molar-refractivity contribution in [2.24, 2.45) is 0 Å². The third kappa shape index (κ3) is 1.38. The summed E-state index contributed by atoms with van der Waals surface area (Å²) in [5.74, 6) is 0. The highest BCUT2D eigenvalue weighted by Crippen LogP contribution is 2.43. The number of nitro groups is 2. The van der Waals surface area contributed by atoms with Crippen molar-refractivity contribution in [1.29, 1.82) is 0 Å². The highest BCUT2D eigenvalue weighted by molar-refractivity contribution is 9.12. The lowest BCUT2D eigenvalue weighted by Crippen LogP contribution is -2.54. The van der Waals surface area contributed by atoms with Crippen LogP contribution in [0.1, 0.15) is 0 Å². The van der Waals surface area contributed by atoms with E-state index in [9.17, 15) is 20.2 Å². The van der Waals surface area contributed by atoms with Gasteiger partial charge in [0, 0.05) is 44.0 Å². The summed E-state index contributed by atoms with van der Waals surface area (Å²) < 4.78 is -3.92. The van der Waals surface area contributed by atoms with E-state index in [2.05, 4.69) is 31.9 Å². The number of nitrogens with zero attached hydrogens (tertiary/aromatic N) is 2. The van der Waals surface area contributed by atoms with Gasteiger partial charge in [-0.25, -0.2) is 0 Å². The van der Waals surface area contributed by atoms with Crippen LogP contribution in [0.4, 0.5) is 0 Å². The summed E-state index contributed by atoms with van der Waals surface area (Å²) in [4.78, 5) is 20.0. The van der Waals surface area contributed by atoms with Gasteiger partial charge in [-0.3, -0.25) is 20.2 Å². The minimum absolute atomic E-state index is 0.759. The minimum atomic E-state index is -1.96. The van der Waals surface area contributed by atoms with Crippen molar-refractivity contribution in [3.63, 3.8) is 0 Å². The lowest BCUT2D eigenvalue weighted by Gasteiger charge is -2.25. The molecule has 1 rings (SSSR count).